The molecule has 1 aromatic carbocycles. The van der Waals surface area contributed by atoms with E-state index in [0.29, 0.717) is 10.8 Å². The number of hydrogen-bond acceptors (Lipinski definition) is 10. The average molecular weight is 531 g/mol. The van der Waals surface area contributed by atoms with Gasteiger partial charge in [0.2, 0.25) is 11.0 Å². The van der Waals surface area contributed by atoms with E-state index in [1.54, 1.807) is 5.38 Å². The molecule has 35 heavy (non-hydrogen) atoms. The van der Waals surface area contributed by atoms with Crippen LogP contribution in [0.25, 0.3) is 10.6 Å². The maximum Gasteiger partial charge on any atom is 0.275 e. The van der Waals surface area contributed by atoms with Gasteiger partial charge in [0, 0.05) is 27.9 Å². The number of ether oxygens (including phenoxy) is 1. The molecule has 3 heterocycles. The summed E-state index contributed by atoms with van der Waals surface area (Å²) in [5, 5.41) is 5.09. The lowest BCUT2D eigenvalue weighted by atomic mass is 9.96. The van der Waals surface area contributed by atoms with Gasteiger partial charge in [-0.3, -0.25) is 9.52 Å². The van der Waals surface area contributed by atoms with Gasteiger partial charge in [0.15, 0.2) is 4.90 Å². The maximum atomic E-state index is 13.1. The number of rotatable bonds is 7. The topological polar surface area (TPSA) is 136 Å². The molecule has 10 nitrogen and oxygen atoms in total. The fraction of sp³-hybridized carbons (Fsp3) is 0.227. The predicted molar refractivity (Wildman–Crippen MR) is 136 cm³/mol. The Morgan fingerprint density at radius 1 is 1.11 bits per heavy atom. The van der Waals surface area contributed by atoms with E-state index in [1.165, 1.54) is 30.7 Å². The molecular weight excluding hydrogens is 508 g/mol. The number of methoxy groups -OCH3 is 1. The molecule has 0 aliphatic rings. The summed E-state index contributed by atoms with van der Waals surface area (Å²) in [6, 6.07) is 10.8. The lowest BCUT2D eigenvalue weighted by Crippen LogP contribution is -2.17. The normalized spacial score (nSPS) is 11.8. The number of benzene rings is 1. The lowest BCUT2D eigenvalue weighted by Gasteiger charge is -2.13. The van der Waals surface area contributed by atoms with Gasteiger partial charge < -0.3 is 10.1 Å². The van der Waals surface area contributed by atoms with Gasteiger partial charge in [0.25, 0.3) is 15.9 Å². The SMILES string of the molecule is COc1ncc(NC(=O)c2csc(-c3ccccc3)n2)cc1S(=O)(=O)Nc1nc(C(C)(C)C)ns1. The number of hydrogen-bond donors (Lipinski definition) is 2. The summed E-state index contributed by atoms with van der Waals surface area (Å²) in [5.74, 6) is -0.105. The van der Waals surface area contributed by atoms with E-state index in [9.17, 15) is 13.2 Å². The average Bonchev–Trinajstić information content (AvgIpc) is 3.49. The highest BCUT2D eigenvalue weighted by molar-refractivity contribution is 7.93. The van der Waals surface area contributed by atoms with E-state index < -0.39 is 15.9 Å². The molecule has 0 atom stereocenters. The highest BCUT2D eigenvalue weighted by Crippen LogP contribution is 2.29. The van der Waals surface area contributed by atoms with Gasteiger partial charge in [-0.15, -0.1) is 11.3 Å². The van der Waals surface area contributed by atoms with Gasteiger partial charge in [0.05, 0.1) is 19.0 Å². The van der Waals surface area contributed by atoms with Crippen LogP contribution in [0.15, 0.2) is 52.9 Å². The molecule has 182 valence electrons. The van der Waals surface area contributed by atoms with Crippen molar-refractivity contribution in [2.75, 3.05) is 17.1 Å². The molecule has 4 aromatic rings. The van der Waals surface area contributed by atoms with E-state index in [-0.39, 0.29) is 32.7 Å². The Kier molecular flexibility index (Phi) is 6.83. The number of anilines is 2. The van der Waals surface area contributed by atoms with Crippen molar-refractivity contribution < 1.29 is 17.9 Å². The van der Waals surface area contributed by atoms with Crippen molar-refractivity contribution in [1.29, 1.82) is 0 Å². The minimum Gasteiger partial charge on any atom is -0.480 e. The third-order valence-corrected chi connectivity index (χ3v) is 7.62. The minimum absolute atomic E-state index is 0.113. The van der Waals surface area contributed by atoms with Crippen LogP contribution in [0.3, 0.4) is 0 Å². The van der Waals surface area contributed by atoms with Gasteiger partial charge in [-0.1, -0.05) is 51.1 Å². The fourth-order valence-corrected chi connectivity index (χ4v) is 5.81. The Balaban J connectivity index is 1.56. The molecule has 3 aromatic heterocycles. The predicted octanol–water partition coefficient (Wildman–Crippen LogP) is 4.42. The van der Waals surface area contributed by atoms with Crippen molar-refractivity contribution in [3.05, 3.63) is 59.5 Å². The van der Waals surface area contributed by atoms with Crippen molar-refractivity contribution in [3.8, 4) is 16.5 Å². The minimum atomic E-state index is -4.14. The first-order chi connectivity index (χ1) is 16.6. The summed E-state index contributed by atoms with van der Waals surface area (Å²) in [4.78, 5) is 25.2. The largest absolute Gasteiger partial charge is 0.480 e. The molecule has 0 radical (unpaired) electrons. The number of carbonyl (C=O) groups excluding carboxylic acids is 1. The second-order valence-corrected chi connectivity index (χ2v) is 11.6. The second kappa shape index (κ2) is 9.68. The zero-order valence-electron chi connectivity index (χ0n) is 19.3. The smallest absolute Gasteiger partial charge is 0.275 e. The van der Waals surface area contributed by atoms with E-state index in [2.05, 4.69) is 29.4 Å². The maximum absolute atomic E-state index is 13.1. The van der Waals surface area contributed by atoms with E-state index in [0.717, 1.165) is 17.1 Å². The van der Waals surface area contributed by atoms with Crippen LogP contribution in [0.5, 0.6) is 5.88 Å². The molecule has 0 saturated heterocycles. The van der Waals surface area contributed by atoms with Crippen LogP contribution in [0.2, 0.25) is 0 Å². The number of nitrogens with one attached hydrogen (secondary N) is 2. The monoisotopic (exact) mass is 530 g/mol. The summed E-state index contributed by atoms with van der Waals surface area (Å²) >= 11 is 2.27. The second-order valence-electron chi connectivity index (χ2n) is 8.37. The zero-order valence-corrected chi connectivity index (χ0v) is 21.7. The van der Waals surface area contributed by atoms with Crippen LogP contribution in [0.4, 0.5) is 10.8 Å². The highest BCUT2D eigenvalue weighted by atomic mass is 32.2. The number of amides is 1. The Bertz CT molecular complexity index is 1460. The number of nitrogens with zero attached hydrogens (tertiary/aromatic N) is 4. The Labute approximate surface area is 210 Å². The standard InChI is InChI=1S/C22H22N6O4S3/c1-22(2,3)20-26-21(34-27-20)28-35(30,31)16-10-14(11-23-18(16)32-4)24-17(29)15-12-33-19(25-15)13-8-6-5-7-9-13/h5-12H,1-4H3,(H,24,29)(H,26,27,28). The third-order valence-electron chi connectivity index (χ3n) is 4.64. The molecule has 0 aliphatic carbocycles. The molecule has 0 fully saturated rings. The molecular formula is C22H22N6O4S3. The van der Waals surface area contributed by atoms with Crippen LogP contribution in [-0.4, -0.2) is 40.8 Å². The molecule has 2 N–H and O–H groups in total. The van der Waals surface area contributed by atoms with Crippen LogP contribution in [-0.2, 0) is 15.4 Å². The molecule has 0 unspecified atom stereocenters. The molecule has 0 bridgehead atoms. The lowest BCUT2D eigenvalue weighted by molar-refractivity contribution is 0.102. The molecule has 0 spiro atoms. The van der Waals surface area contributed by atoms with Crippen molar-refractivity contribution in [3.63, 3.8) is 0 Å². The van der Waals surface area contributed by atoms with Crippen LogP contribution in [0, 0.1) is 0 Å². The summed E-state index contributed by atoms with van der Waals surface area (Å²) in [7, 11) is -2.83. The summed E-state index contributed by atoms with van der Waals surface area (Å²) < 4.78 is 38.0. The number of sulfonamides is 1. The van der Waals surface area contributed by atoms with Crippen LogP contribution < -0.4 is 14.8 Å². The Morgan fingerprint density at radius 2 is 1.86 bits per heavy atom. The number of aromatic nitrogens is 4. The fourth-order valence-electron chi connectivity index (χ4n) is 2.87. The first kappa shape index (κ1) is 24.7. The van der Waals surface area contributed by atoms with Gasteiger partial charge in [0.1, 0.15) is 16.5 Å². The first-order valence-electron chi connectivity index (χ1n) is 10.3. The molecule has 4 rings (SSSR count). The van der Waals surface area contributed by atoms with Crippen molar-refractivity contribution in [2.24, 2.45) is 0 Å². The van der Waals surface area contributed by atoms with E-state index >= 15 is 0 Å². The molecule has 1 amide bonds. The molecule has 0 saturated carbocycles. The third kappa shape index (κ3) is 5.63. The number of carbonyl (C=O) groups is 1. The Hall–Kier alpha value is -3.42. The highest BCUT2D eigenvalue weighted by Gasteiger charge is 2.26. The van der Waals surface area contributed by atoms with Gasteiger partial charge >= 0.3 is 0 Å². The zero-order chi connectivity index (χ0) is 25.2. The van der Waals surface area contributed by atoms with E-state index in [1.807, 2.05) is 51.1 Å². The van der Waals surface area contributed by atoms with Crippen LogP contribution in [0.1, 0.15) is 37.1 Å². The van der Waals surface area contributed by atoms with Crippen molar-refractivity contribution in [2.45, 2.75) is 31.1 Å². The number of pyridine rings is 1. The van der Waals surface area contributed by atoms with Gasteiger partial charge in [-0.2, -0.15) is 4.37 Å². The molecule has 0 aliphatic heterocycles. The van der Waals surface area contributed by atoms with Gasteiger partial charge in [-0.05, 0) is 6.07 Å². The van der Waals surface area contributed by atoms with Gasteiger partial charge in [-0.25, -0.2) is 23.4 Å². The summed E-state index contributed by atoms with van der Waals surface area (Å²) in [6.07, 6.45) is 1.31. The van der Waals surface area contributed by atoms with Crippen molar-refractivity contribution >= 4 is 49.6 Å². The van der Waals surface area contributed by atoms with Crippen molar-refractivity contribution in [1.82, 2.24) is 19.3 Å². The number of thiazole rings is 1. The molecule has 13 heteroatoms. The quantitative estimate of drug-likeness (QED) is 0.358. The first-order valence-corrected chi connectivity index (χ1v) is 13.4. The summed E-state index contributed by atoms with van der Waals surface area (Å²) in [6.45, 7) is 5.78. The van der Waals surface area contributed by atoms with E-state index in [4.69, 9.17) is 4.74 Å². The van der Waals surface area contributed by atoms with Crippen LogP contribution >= 0.6 is 22.9 Å². The summed E-state index contributed by atoms with van der Waals surface area (Å²) in [5.41, 5.74) is 0.932. The Morgan fingerprint density at radius 3 is 2.51 bits per heavy atom.